The molecule has 1 aromatic rings. The van der Waals surface area contributed by atoms with Gasteiger partial charge in [0, 0.05) is 11.9 Å². The molecule has 0 amide bonds. The lowest BCUT2D eigenvalue weighted by atomic mass is 10.2. The van der Waals surface area contributed by atoms with Crippen LogP contribution in [0.15, 0.2) is 23.4 Å². The highest BCUT2D eigenvalue weighted by molar-refractivity contribution is 7.99. The average molecular weight is 197 g/mol. The van der Waals surface area contributed by atoms with E-state index in [1.54, 1.807) is 31.8 Å². The Labute approximate surface area is 83.4 Å². The van der Waals surface area contributed by atoms with Crippen molar-refractivity contribution in [1.29, 1.82) is 0 Å². The van der Waals surface area contributed by atoms with Crippen molar-refractivity contribution in [2.24, 2.45) is 0 Å². The van der Waals surface area contributed by atoms with Crippen molar-refractivity contribution in [1.82, 2.24) is 4.98 Å². The van der Waals surface area contributed by atoms with E-state index in [1.165, 1.54) is 0 Å². The van der Waals surface area contributed by atoms with Crippen molar-refractivity contribution in [3.05, 3.63) is 23.9 Å². The van der Waals surface area contributed by atoms with Crippen LogP contribution in [0.2, 0.25) is 0 Å². The zero-order valence-electron chi connectivity index (χ0n) is 8.24. The van der Waals surface area contributed by atoms with E-state index < -0.39 is 5.60 Å². The average Bonchev–Trinajstić information content (AvgIpc) is 2.01. The van der Waals surface area contributed by atoms with E-state index >= 15 is 0 Å². The van der Waals surface area contributed by atoms with Crippen molar-refractivity contribution in [2.75, 3.05) is 5.75 Å². The molecule has 0 atom stereocenters. The minimum absolute atomic E-state index is 0.630. The number of aromatic nitrogens is 1. The Morgan fingerprint density at radius 2 is 2.23 bits per heavy atom. The van der Waals surface area contributed by atoms with Gasteiger partial charge in [-0.15, -0.1) is 11.8 Å². The maximum absolute atomic E-state index is 9.52. The topological polar surface area (TPSA) is 33.1 Å². The number of thioether (sulfide) groups is 1. The van der Waals surface area contributed by atoms with Gasteiger partial charge in [-0.2, -0.15) is 0 Å². The molecule has 0 fully saturated rings. The molecule has 13 heavy (non-hydrogen) atoms. The maximum Gasteiger partial charge on any atom is 0.0990 e. The van der Waals surface area contributed by atoms with Crippen LogP contribution in [0.1, 0.15) is 19.4 Å². The predicted molar refractivity (Wildman–Crippen MR) is 56.0 cm³/mol. The molecule has 72 valence electrons. The Balaban J connectivity index is 2.60. The summed E-state index contributed by atoms with van der Waals surface area (Å²) in [5, 5.41) is 10.5. The van der Waals surface area contributed by atoms with Crippen LogP contribution in [0.5, 0.6) is 0 Å². The van der Waals surface area contributed by atoms with Crippen molar-refractivity contribution < 1.29 is 5.11 Å². The predicted octanol–water partition coefficient (Wildman–Crippen LogP) is 2.25. The number of hydrogen-bond acceptors (Lipinski definition) is 3. The summed E-state index contributed by atoms with van der Waals surface area (Å²) >= 11 is 1.59. The van der Waals surface area contributed by atoms with Gasteiger partial charge in [-0.05, 0) is 32.4 Å². The Kier molecular flexibility index (Phi) is 3.33. The van der Waals surface area contributed by atoms with Crippen LogP contribution >= 0.6 is 11.8 Å². The highest BCUT2D eigenvalue weighted by atomic mass is 32.2. The van der Waals surface area contributed by atoms with Gasteiger partial charge < -0.3 is 5.11 Å². The van der Waals surface area contributed by atoms with Gasteiger partial charge in [0.1, 0.15) is 0 Å². The summed E-state index contributed by atoms with van der Waals surface area (Å²) in [5.74, 6) is 0.671. The van der Waals surface area contributed by atoms with E-state index in [1.807, 2.05) is 19.1 Å². The van der Waals surface area contributed by atoms with Crippen LogP contribution < -0.4 is 0 Å². The van der Waals surface area contributed by atoms with Gasteiger partial charge in [0.2, 0.25) is 0 Å². The number of rotatable bonds is 3. The van der Waals surface area contributed by atoms with Crippen LogP contribution in [-0.2, 0) is 0 Å². The van der Waals surface area contributed by atoms with Crippen molar-refractivity contribution in [3.8, 4) is 0 Å². The molecule has 0 aliphatic heterocycles. The lowest BCUT2D eigenvalue weighted by molar-refractivity contribution is 0.107. The summed E-state index contributed by atoms with van der Waals surface area (Å²) in [6.07, 6.45) is 1.78. The second-order valence-corrected chi connectivity index (χ2v) is 4.69. The SMILES string of the molecule is Cc1cccnc1SCC(C)(C)O. The first-order valence-corrected chi connectivity index (χ1v) is 5.24. The first-order valence-electron chi connectivity index (χ1n) is 4.26. The van der Waals surface area contributed by atoms with Gasteiger partial charge in [-0.25, -0.2) is 4.98 Å². The van der Waals surface area contributed by atoms with Crippen molar-refractivity contribution in [2.45, 2.75) is 31.4 Å². The minimum atomic E-state index is -0.630. The van der Waals surface area contributed by atoms with Crippen molar-refractivity contribution in [3.63, 3.8) is 0 Å². The molecule has 1 heterocycles. The quantitative estimate of drug-likeness (QED) is 0.754. The molecule has 0 aromatic carbocycles. The molecule has 0 aliphatic rings. The van der Waals surface area contributed by atoms with Crippen LogP contribution in [0.25, 0.3) is 0 Å². The molecule has 0 bridgehead atoms. The maximum atomic E-state index is 9.52. The van der Waals surface area contributed by atoms with Gasteiger partial charge >= 0.3 is 0 Å². The molecule has 0 unspecified atom stereocenters. The third-order valence-corrected chi connectivity index (χ3v) is 3.08. The molecule has 1 aromatic heterocycles. The van der Waals surface area contributed by atoms with E-state index in [-0.39, 0.29) is 0 Å². The monoisotopic (exact) mass is 197 g/mol. The molecule has 0 spiro atoms. The lowest BCUT2D eigenvalue weighted by Crippen LogP contribution is -2.21. The summed E-state index contributed by atoms with van der Waals surface area (Å²) < 4.78 is 0. The number of aryl methyl sites for hydroxylation is 1. The van der Waals surface area contributed by atoms with Crippen LogP contribution in [0, 0.1) is 6.92 Å². The van der Waals surface area contributed by atoms with Gasteiger partial charge in [0.05, 0.1) is 10.6 Å². The smallest absolute Gasteiger partial charge is 0.0990 e. The molecule has 2 nitrogen and oxygen atoms in total. The lowest BCUT2D eigenvalue weighted by Gasteiger charge is -2.16. The normalized spacial score (nSPS) is 11.7. The second-order valence-electron chi connectivity index (χ2n) is 3.73. The summed E-state index contributed by atoms with van der Waals surface area (Å²) in [5.41, 5.74) is 0.533. The second kappa shape index (κ2) is 4.11. The fraction of sp³-hybridized carbons (Fsp3) is 0.500. The zero-order chi connectivity index (χ0) is 9.90. The van der Waals surface area contributed by atoms with E-state index in [4.69, 9.17) is 0 Å². The highest BCUT2D eigenvalue weighted by Crippen LogP contribution is 2.22. The van der Waals surface area contributed by atoms with E-state index in [2.05, 4.69) is 4.98 Å². The number of nitrogens with zero attached hydrogens (tertiary/aromatic N) is 1. The highest BCUT2D eigenvalue weighted by Gasteiger charge is 2.13. The number of hydrogen-bond donors (Lipinski definition) is 1. The third-order valence-electron chi connectivity index (χ3n) is 1.52. The Morgan fingerprint density at radius 1 is 1.54 bits per heavy atom. The van der Waals surface area contributed by atoms with Gasteiger partial charge in [-0.3, -0.25) is 0 Å². The first-order chi connectivity index (χ1) is 5.99. The molecular formula is C10H15NOS. The molecule has 0 saturated heterocycles. The van der Waals surface area contributed by atoms with Gasteiger partial charge in [0.15, 0.2) is 0 Å². The number of pyridine rings is 1. The van der Waals surface area contributed by atoms with Crippen LogP contribution in [0.4, 0.5) is 0 Å². The fourth-order valence-electron chi connectivity index (χ4n) is 0.867. The Bertz CT molecular complexity index is 280. The Morgan fingerprint density at radius 3 is 2.77 bits per heavy atom. The minimum Gasteiger partial charge on any atom is -0.390 e. The van der Waals surface area contributed by atoms with Gasteiger partial charge in [-0.1, -0.05) is 6.07 Å². The zero-order valence-corrected chi connectivity index (χ0v) is 9.06. The molecule has 1 N–H and O–H groups in total. The van der Waals surface area contributed by atoms with E-state index in [0.717, 1.165) is 10.6 Å². The Hall–Kier alpha value is -0.540. The molecular weight excluding hydrogens is 182 g/mol. The summed E-state index contributed by atoms with van der Waals surface area (Å²) in [6.45, 7) is 5.64. The molecule has 0 aliphatic carbocycles. The number of aliphatic hydroxyl groups is 1. The molecule has 1 rings (SSSR count). The fourth-order valence-corrected chi connectivity index (χ4v) is 1.79. The third kappa shape index (κ3) is 3.79. The summed E-state index contributed by atoms with van der Waals surface area (Å²) in [4.78, 5) is 4.23. The largest absolute Gasteiger partial charge is 0.390 e. The molecule has 0 saturated carbocycles. The standard InChI is InChI=1S/C10H15NOS/c1-8-5-4-6-11-9(8)13-7-10(2,3)12/h4-6,12H,7H2,1-3H3. The molecule has 3 heteroatoms. The summed E-state index contributed by atoms with van der Waals surface area (Å²) in [6, 6.07) is 3.95. The summed E-state index contributed by atoms with van der Waals surface area (Å²) in [7, 11) is 0. The molecule has 0 radical (unpaired) electrons. The van der Waals surface area contributed by atoms with Crippen molar-refractivity contribution >= 4 is 11.8 Å². The van der Waals surface area contributed by atoms with E-state index in [0.29, 0.717) is 5.75 Å². The van der Waals surface area contributed by atoms with Crippen LogP contribution in [0.3, 0.4) is 0 Å². The van der Waals surface area contributed by atoms with Gasteiger partial charge in [0.25, 0.3) is 0 Å². The first kappa shape index (κ1) is 10.5. The van der Waals surface area contributed by atoms with E-state index in [9.17, 15) is 5.11 Å². The van der Waals surface area contributed by atoms with Crippen LogP contribution in [-0.4, -0.2) is 21.4 Å².